The van der Waals surface area contributed by atoms with Crippen LogP contribution in [0.15, 0.2) is 23.2 Å². The van der Waals surface area contributed by atoms with Crippen molar-refractivity contribution >= 4 is 11.6 Å². The van der Waals surface area contributed by atoms with E-state index in [0.717, 1.165) is 42.5 Å². The zero-order valence-electron chi connectivity index (χ0n) is 16.6. The number of hydrogen-bond acceptors (Lipinski definition) is 4. The van der Waals surface area contributed by atoms with Crippen LogP contribution in [0.25, 0.3) is 0 Å². The molecule has 2 aliphatic heterocycles. The van der Waals surface area contributed by atoms with Gasteiger partial charge in [0.05, 0.1) is 13.2 Å². The van der Waals surface area contributed by atoms with E-state index >= 15 is 0 Å². The number of guanidine groups is 1. The fourth-order valence-electron chi connectivity index (χ4n) is 3.58. The average Bonchev–Trinajstić information content (AvgIpc) is 2.95. The highest BCUT2D eigenvalue weighted by atomic mass is 16.5. The number of piperidine rings is 1. The molecule has 0 atom stereocenters. The minimum atomic E-state index is 0.695. The molecule has 0 amide bonds. The molecule has 0 spiro atoms. The number of likely N-dealkylation sites (tertiary alicyclic amines) is 1. The summed E-state index contributed by atoms with van der Waals surface area (Å²) in [5.74, 6) is 2.40. The first-order valence-electron chi connectivity index (χ1n) is 10.4. The normalized spacial score (nSPS) is 18.0. The Balaban J connectivity index is 1.35. The fraction of sp³-hybridized carbons (Fsp3) is 0.667. The third-order valence-corrected chi connectivity index (χ3v) is 5.13. The van der Waals surface area contributed by atoms with Crippen LogP contribution >= 0.6 is 0 Å². The van der Waals surface area contributed by atoms with Crippen LogP contribution in [-0.2, 0) is 0 Å². The Bertz CT molecular complexity index is 600. The van der Waals surface area contributed by atoms with E-state index in [2.05, 4.69) is 20.5 Å². The summed E-state index contributed by atoms with van der Waals surface area (Å²) in [5, 5.41) is 6.74. The molecule has 150 valence electrons. The molecule has 2 N–H and O–H groups in total. The molecule has 6 nitrogen and oxygen atoms in total. The molecule has 2 heterocycles. The maximum Gasteiger partial charge on any atom is 0.195 e. The smallest absolute Gasteiger partial charge is 0.195 e. The van der Waals surface area contributed by atoms with Crippen LogP contribution in [-0.4, -0.2) is 57.3 Å². The zero-order valence-corrected chi connectivity index (χ0v) is 16.6. The number of hydrogen-bond donors (Lipinski definition) is 2. The van der Waals surface area contributed by atoms with Gasteiger partial charge in [0.2, 0.25) is 0 Å². The first kappa shape index (κ1) is 19.8. The predicted octanol–water partition coefficient (Wildman–Crippen LogP) is 3.49. The number of aliphatic imine (C=N–C) groups is 1. The van der Waals surface area contributed by atoms with Crippen molar-refractivity contribution in [3.63, 3.8) is 0 Å². The lowest BCUT2D eigenvalue weighted by Crippen LogP contribution is -2.32. The largest absolute Gasteiger partial charge is 0.490 e. The number of ether oxygens (including phenoxy) is 2. The quantitative estimate of drug-likeness (QED) is 0.435. The van der Waals surface area contributed by atoms with E-state index in [1.54, 1.807) is 7.05 Å². The molecular formula is C21H34N4O2. The Kier molecular flexibility index (Phi) is 8.08. The molecule has 0 unspecified atom stereocenters. The van der Waals surface area contributed by atoms with Gasteiger partial charge in [0.15, 0.2) is 17.5 Å². The highest BCUT2D eigenvalue weighted by Crippen LogP contribution is 2.32. The van der Waals surface area contributed by atoms with Crippen molar-refractivity contribution in [3.8, 4) is 11.5 Å². The summed E-state index contributed by atoms with van der Waals surface area (Å²) < 4.78 is 11.4. The zero-order chi connectivity index (χ0) is 18.7. The van der Waals surface area contributed by atoms with Crippen molar-refractivity contribution in [2.24, 2.45) is 4.99 Å². The van der Waals surface area contributed by atoms with Crippen LogP contribution in [0.1, 0.15) is 44.9 Å². The number of rotatable bonds is 7. The van der Waals surface area contributed by atoms with Gasteiger partial charge in [0.1, 0.15) is 0 Å². The van der Waals surface area contributed by atoms with Gasteiger partial charge in [-0.1, -0.05) is 12.8 Å². The monoisotopic (exact) mass is 374 g/mol. The van der Waals surface area contributed by atoms with E-state index in [1.165, 1.54) is 51.7 Å². The summed E-state index contributed by atoms with van der Waals surface area (Å²) in [7, 11) is 1.80. The van der Waals surface area contributed by atoms with Gasteiger partial charge in [-0.2, -0.15) is 0 Å². The summed E-state index contributed by atoms with van der Waals surface area (Å²) in [6.07, 6.45) is 8.79. The van der Waals surface area contributed by atoms with E-state index in [1.807, 2.05) is 18.2 Å². The number of unbranched alkanes of at least 4 members (excludes halogenated alkanes) is 2. The van der Waals surface area contributed by atoms with Crippen LogP contribution in [0.3, 0.4) is 0 Å². The van der Waals surface area contributed by atoms with Gasteiger partial charge < -0.3 is 25.0 Å². The maximum absolute atomic E-state index is 5.75. The summed E-state index contributed by atoms with van der Waals surface area (Å²) >= 11 is 0. The second kappa shape index (κ2) is 11.0. The van der Waals surface area contributed by atoms with Gasteiger partial charge in [-0.25, -0.2) is 0 Å². The number of fused-ring (bicyclic) bond motifs is 1. The lowest BCUT2D eigenvalue weighted by atomic mass is 10.1. The van der Waals surface area contributed by atoms with E-state index in [9.17, 15) is 0 Å². The molecule has 1 saturated heterocycles. The molecule has 0 aliphatic carbocycles. The Morgan fingerprint density at radius 3 is 2.63 bits per heavy atom. The lowest BCUT2D eigenvalue weighted by Gasteiger charge is -2.26. The SMILES string of the molecule is CN=C(NCCCCCN1CCCCC1)Nc1ccc2c(c1)OCCCO2. The minimum absolute atomic E-state index is 0.695. The van der Waals surface area contributed by atoms with Crippen molar-refractivity contribution in [1.29, 1.82) is 0 Å². The average molecular weight is 375 g/mol. The van der Waals surface area contributed by atoms with Gasteiger partial charge in [-0.3, -0.25) is 4.99 Å². The van der Waals surface area contributed by atoms with Crippen molar-refractivity contribution in [2.75, 3.05) is 51.8 Å². The Morgan fingerprint density at radius 1 is 1.00 bits per heavy atom. The lowest BCUT2D eigenvalue weighted by molar-refractivity contribution is 0.224. The predicted molar refractivity (Wildman–Crippen MR) is 111 cm³/mol. The fourth-order valence-corrected chi connectivity index (χ4v) is 3.58. The standard InChI is InChI=1S/C21H34N4O2/c1-22-21(23-11-4-2-5-12-25-13-6-3-7-14-25)24-18-9-10-19-20(17-18)27-16-8-15-26-19/h9-10,17H,2-8,11-16H2,1H3,(H2,22,23,24). The highest BCUT2D eigenvalue weighted by Gasteiger charge is 2.11. The summed E-state index contributed by atoms with van der Waals surface area (Å²) in [6.45, 7) is 6.19. The molecule has 27 heavy (non-hydrogen) atoms. The molecular weight excluding hydrogens is 340 g/mol. The molecule has 0 radical (unpaired) electrons. The number of nitrogens with one attached hydrogen (secondary N) is 2. The molecule has 0 saturated carbocycles. The third-order valence-electron chi connectivity index (χ3n) is 5.13. The van der Waals surface area contributed by atoms with Gasteiger partial charge in [-0.15, -0.1) is 0 Å². The second-order valence-corrected chi connectivity index (χ2v) is 7.30. The van der Waals surface area contributed by atoms with Crippen molar-refractivity contribution < 1.29 is 9.47 Å². The number of anilines is 1. The van der Waals surface area contributed by atoms with Gasteiger partial charge in [0, 0.05) is 31.8 Å². The van der Waals surface area contributed by atoms with E-state index in [4.69, 9.17) is 9.47 Å². The molecule has 1 aromatic carbocycles. The van der Waals surface area contributed by atoms with Gasteiger partial charge in [0.25, 0.3) is 0 Å². The number of benzene rings is 1. The topological polar surface area (TPSA) is 58.1 Å². The highest BCUT2D eigenvalue weighted by molar-refractivity contribution is 5.93. The molecule has 0 aromatic heterocycles. The van der Waals surface area contributed by atoms with Crippen LogP contribution in [0.5, 0.6) is 11.5 Å². The van der Waals surface area contributed by atoms with E-state index in [0.29, 0.717) is 13.2 Å². The van der Waals surface area contributed by atoms with Crippen molar-refractivity contribution in [1.82, 2.24) is 10.2 Å². The van der Waals surface area contributed by atoms with Crippen molar-refractivity contribution in [3.05, 3.63) is 18.2 Å². The summed E-state index contributed by atoms with van der Waals surface area (Å²) in [4.78, 5) is 6.93. The summed E-state index contributed by atoms with van der Waals surface area (Å²) in [6, 6.07) is 5.93. The summed E-state index contributed by atoms with van der Waals surface area (Å²) in [5.41, 5.74) is 0.956. The third kappa shape index (κ3) is 6.61. The Morgan fingerprint density at radius 2 is 1.81 bits per heavy atom. The molecule has 1 aromatic rings. The van der Waals surface area contributed by atoms with Gasteiger partial charge in [-0.05, 0) is 57.5 Å². The van der Waals surface area contributed by atoms with Crippen LogP contribution in [0.2, 0.25) is 0 Å². The van der Waals surface area contributed by atoms with E-state index < -0.39 is 0 Å². The van der Waals surface area contributed by atoms with E-state index in [-0.39, 0.29) is 0 Å². The first-order chi connectivity index (χ1) is 13.3. The second-order valence-electron chi connectivity index (χ2n) is 7.30. The minimum Gasteiger partial charge on any atom is -0.490 e. The number of nitrogens with zero attached hydrogens (tertiary/aromatic N) is 2. The molecule has 2 aliphatic rings. The molecule has 3 rings (SSSR count). The van der Waals surface area contributed by atoms with Crippen molar-refractivity contribution in [2.45, 2.75) is 44.9 Å². The Labute approximate surface area is 163 Å². The maximum atomic E-state index is 5.75. The molecule has 1 fully saturated rings. The van der Waals surface area contributed by atoms with Gasteiger partial charge >= 0.3 is 0 Å². The Hall–Kier alpha value is -1.95. The van der Waals surface area contributed by atoms with Crippen LogP contribution < -0.4 is 20.1 Å². The van der Waals surface area contributed by atoms with Crippen LogP contribution in [0.4, 0.5) is 5.69 Å². The molecule has 0 bridgehead atoms. The van der Waals surface area contributed by atoms with Crippen LogP contribution in [0, 0.1) is 0 Å². The molecule has 6 heteroatoms. The first-order valence-corrected chi connectivity index (χ1v) is 10.4.